The number of rotatable bonds is 4. The maximum absolute atomic E-state index is 13.3. The first kappa shape index (κ1) is 19.4. The van der Waals surface area contributed by atoms with Crippen molar-refractivity contribution in [1.29, 1.82) is 0 Å². The van der Waals surface area contributed by atoms with Crippen LogP contribution < -0.4 is 5.56 Å². The van der Waals surface area contributed by atoms with Gasteiger partial charge in [0, 0.05) is 35.4 Å². The molecule has 0 unspecified atom stereocenters. The summed E-state index contributed by atoms with van der Waals surface area (Å²) >= 11 is 0. The second-order valence-electron chi connectivity index (χ2n) is 8.16. The summed E-state index contributed by atoms with van der Waals surface area (Å²) in [6.45, 7) is 2.59. The largest absolute Gasteiger partial charge is 0.361 e. The second kappa shape index (κ2) is 7.37. The van der Waals surface area contributed by atoms with Crippen molar-refractivity contribution >= 4 is 27.6 Å². The highest BCUT2D eigenvalue weighted by Gasteiger charge is 2.15. The van der Waals surface area contributed by atoms with E-state index in [-0.39, 0.29) is 16.9 Å². The Hall–Kier alpha value is -4.33. The second-order valence-corrected chi connectivity index (χ2v) is 8.16. The molecule has 33 heavy (non-hydrogen) atoms. The molecule has 0 saturated heterocycles. The average molecular weight is 438 g/mol. The fraction of sp³-hybridized carbons (Fsp3) is 0.120. The van der Waals surface area contributed by atoms with Crippen molar-refractivity contribution in [3.63, 3.8) is 0 Å². The Labute approximate surface area is 187 Å². The van der Waals surface area contributed by atoms with Crippen LogP contribution in [0.4, 0.5) is 4.39 Å². The van der Waals surface area contributed by atoms with Gasteiger partial charge < -0.3 is 9.55 Å². The van der Waals surface area contributed by atoms with E-state index in [2.05, 4.69) is 45.4 Å². The van der Waals surface area contributed by atoms with Crippen LogP contribution in [0, 0.1) is 12.7 Å². The van der Waals surface area contributed by atoms with Gasteiger partial charge in [-0.1, -0.05) is 23.8 Å². The molecule has 0 aliphatic heterocycles. The zero-order valence-electron chi connectivity index (χ0n) is 17.8. The Balaban J connectivity index is 1.37. The number of hydrogen-bond acceptors (Lipinski definition) is 4. The summed E-state index contributed by atoms with van der Waals surface area (Å²) in [7, 11) is 0. The van der Waals surface area contributed by atoms with Gasteiger partial charge in [0.15, 0.2) is 11.2 Å². The van der Waals surface area contributed by atoms with E-state index in [1.807, 2.05) is 12.3 Å². The molecule has 4 heterocycles. The minimum Gasteiger partial charge on any atom is -0.361 e. The molecule has 1 N–H and O–H groups in total. The molecule has 4 aromatic heterocycles. The molecule has 0 spiro atoms. The highest BCUT2D eigenvalue weighted by molar-refractivity contribution is 5.84. The summed E-state index contributed by atoms with van der Waals surface area (Å²) in [5.74, 6) is -0.310. The monoisotopic (exact) mass is 438 g/mol. The molecule has 0 atom stereocenters. The van der Waals surface area contributed by atoms with E-state index in [9.17, 15) is 9.18 Å². The Bertz CT molecular complexity index is 1710. The van der Waals surface area contributed by atoms with Gasteiger partial charge in [-0.15, -0.1) is 10.2 Å². The Kier molecular flexibility index (Phi) is 4.33. The summed E-state index contributed by atoms with van der Waals surface area (Å²) in [4.78, 5) is 16.4. The Morgan fingerprint density at radius 3 is 2.76 bits per heavy atom. The van der Waals surface area contributed by atoms with Crippen LogP contribution in [0.2, 0.25) is 0 Å². The average Bonchev–Trinajstić information content (AvgIpc) is 3.43. The summed E-state index contributed by atoms with van der Waals surface area (Å²) in [5.41, 5.74) is 6.10. The molecule has 0 aliphatic rings. The highest BCUT2D eigenvalue weighted by atomic mass is 19.1. The fourth-order valence-corrected chi connectivity index (χ4v) is 4.28. The van der Waals surface area contributed by atoms with Gasteiger partial charge in [0.25, 0.3) is 5.56 Å². The minimum absolute atomic E-state index is 0.211. The van der Waals surface area contributed by atoms with E-state index in [0.717, 1.165) is 16.6 Å². The molecule has 0 radical (unpaired) electrons. The summed E-state index contributed by atoms with van der Waals surface area (Å²) in [6, 6.07) is 14.3. The third-order valence-electron chi connectivity index (χ3n) is 6.04. The summed E-state index contributed by atoms with van der Waals surface area (Å²) in [6.07, 6.45) is 6.13. The number of H-pyrrole nitrogens is 1. The van der Waals surface area contributed by atoms with Crippen LogP contribution in [0.25, 0.3) is 38.7 Å². The molecule has 0 amide bonds. The molecule has 0 aliphatic carbocycles. The molecule has 8 heteroatoms. The van der Waals surface area contributed by atoms with Crippen molar-refractivity contribution in [1.82, 2.24) is 29.4 Å². The SMILES string of the molecule is Cc1ccc2[nH]cc(CCn3ccc4c(nnc5c(-c6ccc(F)cc6)cnn54)c3=O)c2c1. The normalized spacial score (nSPS) is 11.7. The molecular formula is C25H19FN6O. The van der Waals surface area contributed by atoms with Gasteiger partial charge in [0.2, 0.25) is 0 Å². The van der Waals surface area contributed by atoms with Gasteiger partial charge in [-0.2, -0.15) is 5.10 Å². The van der Waals surface area contributed by atoms with E-state index < -0.39 is 0 Å². The molecule has 0 bridgehead atoms. The number of fused-ring (bicyclic) bond motifs is 4. The number of aromatic nitrogens is 6. The number of benzene rings is 2. The first-order valence-electron chi connectivity index (χ1n) is 10.6. The topological polar surface area (TPSA) is 80.9 Å². The molecule has 7 nitrogen and oxygen atoms in total. The maximum Gasteiger partial charge on any atom is 0.280 e. The lowest BCUT2D eigenvalue weighted by Gasteiger charge is -2.07. The quantitative estimate of drug-likeness (QED) is 0.446. The predicted octanol–water partition coefficient (Wildman–Crippen LogP) is 4.28. The summed E-state index contributed by atoms with van der Waals surface area (Å²) in [5, 5.41) is 14.1. The van der Waals surface area contributed by atoms with E-state index >= 15 is 0 Å². The molecular weight excluding hydrogens is 419 g/mol. The van der Waals surface area contributed by atoms with Crippen molar-refractivity contribution in [2.24, 2.45) is 0 Å². The highest BCUT2D eigenvalue weighted by Crippen LogP contribution is 2.25. The number of nitrogens with one attached hydrogen (secondary N) is 1. The van der Waals surface area contributed by atoms with Gasteiger partial charge in [-0.05, 0) is 54.8 Å². The van der Waals surface area contributed by atoms with Crippen molar-refractivity contribution in [2.75, 3.05) is 0 Å². The van der Waals surface area contributed by atoms with Crippen LogP contribution in [0.1, 0.15) is 11.1 Å². The molecule has 162 valence electrons. The molecule has 0 saturated carbocycles. The van der Waals surface area contributed by atoms with Crippen LogP contribution in [-0.2, 0) is 13.0 Å². The van der Waals surface area contributed by atoms with Crippen molar-refractivity contribution < 1.29 is 4.39 Å². The third-order valence-corrected chi connectivity index (χ3v) is 6.04. The van der Waals surface area contributed by atoms with Crippen LogP contribution >= 0.6 is 0 Å². The van der Waals surface area contributed by atoms with Gasteiger partial charge in [0.1, 0.15) is 11.3 Å². The first-order valence-corrected chi connectivity index (χ1v) is 10.6. The van der Waals surface area contributed by atoms with E-state index in [1.54, 1.807) is 33.6 Å². The first-order chi connectivity index (χ1) is 16.1. The van der Waals surface area contributed by atoms with Gasteiger partial charge in [-0.25, -0.2) is 8.91 Å². The molecule has 0 fully saturated rings. The third kappa shape index (κ3) is 3.18. The minimum atomic E-state index is -0.310. The lowest BCUT2D eigenvalue weighted by molar-refractivity contribution is 0.628. The molecule has 2 aromatic carbocycles. The van der Waals surface area contributed by atoms with E-state index in [1.165, 1.54) is 28.6 Å². The number of aromatic amines is 1. The lowest BCUT2D eigenvalue weighted by atomic mass is 10.1. The van der Waals surface area contributed by atoms with Gasteiger partial charge in [-0.3, -0.25) is 4.79 Å². The predicted molar refractivity (Wildman–Crippen MR) is 125 cm³/mol. The zero-order valence-corrected chi connectivity index (χ0v) is 17.8. The number of halogens is 1. The van der Waals surface area contributed by atoms with Crippen LogP contribution in [-0.4, -0.2) is 29.4 Å². The number of hydrogen-bond donors (Lipinski definition) is 1. The Morgan fingerprint density at radius 2 is 1.91 bits per heavy atom. The van der Waals surface area contributed by atoms with Crippen molar-refractivity contribution in [2.45, 2.75) is 19.9 Å². The van der Waals surface area contributed by atoms with E-state index in [0.29, 0.717) is 24.1 Å². The molecule has 6 rings (SSSR count). The smallest absolute Gasteiger partial charge is 0.280 e. The number of nitrogens with zero attached hydrogens (tertiary/aromatic N) is 5. The fourth-order valence-electron chi connectivity index (χ4n) is 4.28. The molecule has 6 aromatic rings. The lowest BCUT2D eigenvalue weighted by Crippen LogP contribution is -2.22. The van der Waals surface area contributed by atoms with Gasteiger partial charge >= 0.3 is 0 Å². The van der Waals surface area contributed by atoms with E-state index in [4.69, 9.17) is 0 Å². The summed E-state index contributed by atoms with van der Waals surface area (Å²) < 4.78 is 16.6. The number of aryl methyl sites for hydroxylation is 3. The van der Waals surface area contributed by atoms with Crippen LogP contribution in [0.3, 0.4) is 0 Å². The van der Waals surface area contributed by atoms with Crippen molar-refractivity contribution in [3.8, 4) is 11.1 Å². The maximum atomic E-state index is 13.3. The van der Waals surface area contributed by atoms with Crippen LogP contribution in [0.5, 0.6) is 0 Å². The standard InChI is InChI=1S/C25H19FN6O/c1-15-2-7-21-19(12-15)17(13-27-21)8-10-31-11-9-22-23(25(31)33)29-30-24-20(14-28-32(22)24)16-3-5-18(26)6-4-16/h2-7,9,11-14,27H,8,10H2,1H3. The van der Waals surface area contributed by atoms with Crippen molar-refractivity contribution in [3.05, 3.63) is 94.4 Å². The van der Waals surface area contributed by atoms with Crippen LogP contribution in [0.15, 0.2) is 71.9 Å². The Morgan fingerprint density at radius 1 is 1.06 bits per heavy atom. The zero-order chi connectivity index (χ0) is 22.5. The van der Waals surface area contributed by atoms with Gasteiger partial charge in [0.05, 0.1) is 6.20 Å². The number of pyridine rings is 1.